The Hall–Kier alpha value is -1.35. The first-order valence-corrected chi connectivity index (χ1v) is 6.46. The van der Waals surface area contributed by atoms with Gasteiger partial charge in [-0.2, -0.15) is 0 Å². The van der Waals surface area contributed by atoms with Crippen LogP contribution in [-0.4, -0.2) is 16.1 Å². The number of benzene rings is 1. The summed E-state index contributed by atoms with van der Waals surface area (Å²) in [5, 5.41) is 0. The molecule has 0 amide bonds. The van der Waals surface area contributed by atoms with Gasteiger partial charge in [0, 0.05) is 6.04 Å². The summed E-state index contributed by atoms with van der Waals surface area (Å²) in [4.78, 5) is 4.51. The summed E-state index contributed by atoms with van der Waals surface area (Å²) in [7, 11) is 0. The quantitative estimate of drug-likeness (QED) is 0.876. The summed E-state index contributed by atoms with van der Waals surface area (Å²) >= 11 is 0. The summed E-state index contributed by atoms with van der Waals surface area (Å²) in [6.45, 7) is 2.97. The number of nitrogens with two attached hydrogens (primary N) is 1. The number of aromatic nitrogens is 2. The Morgan fingerprint density at radius 1 is 1.47 bits per heavy atom. The highest BCUT2D eigenvalue weighted by Crippen LogP contribution is 2.37. The maximum Gasteiger partial charge on any atom is 0.0960 e. The van der Waals surface area contributed by atoms with E-state index in [1.807, 2.05) is 6.33 Å². The van der Waals surface area contributed by atoms with Gasteiger partial charge in [-0.1, -0.05) is 13.0 Å². The van der Waals surface area contributed by atoms with Crippen molar-refractivity contribution in [1.82, 2.24) is 9.55 Å². The maximum atomic E-state index is 5.61. The van der Waals surface area contributed by atoms with Crippen LogP contribution in [0.5, 0.6) is 0 Å². The van der Waals surface area contributed by atoms with Crippen molar-refractivity contribution >= 4 is 11.0 Å². The average molecular weight is 229 g/mol. The van der Waals surface area contributed by atoms with E-state index >= 15 is 0 Å². The normalized spacial score (nSPS) is 17.5. The molecule has 2 N–H and O–H groups in total. The molecule has 3 heteroatoms. The van der Waals surface area contributed by atoms with Gasteiger partial charge in [-0.05, 0) is 49.4 Å². The molecule has 1 unspecified atom stereocenters. The third-order valence-corrected chi connectivity index (χ3v) is 3.71. The zero-order chi connectivity index (χ0) is 11.8. The maximum absolute atomic E-state index is 5.61. The first kappa shape index (κ1) is 10.8. The molecule has 3 nitrogen and oxygen atoms in total. The van der Waals surface area contributed by atoms with Crippen molar-refractivity contribution < 1.29 is 0 Å². The molecule has 1 aliphatic carbocycles. The highest BCUT2D eigenvalue weighted by molar-refractivity contribution is 5.76. The van der Waals surface area contributed by atoms with Gasteiger partial charge in [-0.3, -0.25) is 0 Å². The Morgan fingerprint density at radius 2 is 2.29 bits per heavy atom. The molecule has 1 aromatic carbocycles. The molecule has 90 valence electrons. The van der Waals surface area contributed by atoms with Crippen LogP contribution in [0.4, 0.5) is 0 Å². The van der Waals surface area contributed by atoms with Gasteiger partial charge in [-0.15, -0.1) is 0 Å². The topological polar surface area (TPSA) is 43.8 Å². The van der Waals surface area contributed by atoms with Gasteiger partial charge >= 0.3 is 0 Å². The van der Waals surface area contributed by atoms with Crippen LogP contribution >= 0.6 is 0 Å². The fourth-order valence-electron chi connectivity index (χ4n) is 2.42. The summed E-state index contributed by atoms with van der Waals surface area (Å²) in [5.41, 5.74) is 9.36. The molecule has 0 aliphatic heterocycles. The first-order chi connectivity index (χ1) is 8.29. The van der Waals surface area contributed by atoms with Crippen LogP contribution in [0, 0.1) is 0 Å². The lowest BCUT2D eigenvalue weighted by Crippen LogP contribution is -2.04. The van der Waals surface area contributed by atoms with Gasteiger partial charge in [0.15, 0.2) is 0 Å². The largest absolute Gasteiger partial charge is 0.330 e. The Kier molecular flexibility index (Phi) is 2.63. The van der Waals surface area contributed by atoms with Crippen molar-refractivity contribution in [3.63, 3.8) is 0 Å². The highest BCUT2D eigenvalue weighted by atomic mass is 15.1. The van der Waals surface area contributed by atoms with Gasteiger partial charge in [0.2, 0.25) is 0 Å². The lowest BCUT2D eigenvalue weighted by atomic mass is 9.97. The van der Waals surface area contributed by atoms with Gasteiger partial charge in [0.1, 0.15) is 0 Å². The molecule has 1 saturated carbocycles. The summed E-state index contributed by atoms with van der Waals surface area (Å²) in [6.07, 6.45) is 5.63. The molecule has 0 saturated heterocycles. The number of rotatable bonds is 4. The Bertz CT molecular complexity index is 525. The highest BCUT2D eigenvalue weighted by Gasteiger charge is 2.24. The second-order valence-electron chi connectivity index (χ2n) is 5.11. The van der Waals surface area contributed by atoms with Crippen molar-refractivity contribution in [2.45, 2.75) is 38.1 Å². The molecular formula is C14H19N3. The third-order valence-electron chi connectivity index (χ3n) is 3.71. The lowest BCUT2D eigenvalue weighted by molar-refractivity contribution is 0.691. The molecule has 17 heavy (non-hydrogen) atoms. The van der Waals surface area contributed by atoms with E-state index in [1.165, 1.54) is 23.9 Å². The van der Waals surface area contributed by atoms with E-state index in [-0.39, 0.29) is 0 Å². The summed E-state index contributed by atoms with van der Waals surface area (Å²) in [5.74, 6) is 0.524. The van der Waals surface area contributed by atoms with E-state index in [4.69, 9.17) is 5.73 Å². The molecule has 1 aromatic heterocycles. The number of hydrogen-bond donors (Lipinski definition) is 1. The Morgan fingerprint density at radius 3 is 3.00 bits per heavy atom. The molecule has 0 spiro atoms. The van der Waals surface area contributed by atoms with Gasteiger partial charge < -0.3 is 10.3 Å². The summed E-state index contributed by atoms with van der Waals surface area (Å²) < 4.78 is 2.31. The molecule has 1 fully saturated rings. The monoisotopic (exact) mass is 229 g/mol. The van der Waals surface area contributed by atoms with E-state index in [2.05, 4.69) is 34.7 Å². The minimum Gasteiger partial charge on any atom is -0.330 e. The predicted molar refractivity (Wildman–Crippen MR) is 70.1 cm³/mol. The standard InChI is InChI=1S/C14H19N3/c1-10(6-7-15)11-2-5-14-13(8-11)16-9-17(14)12-3-4-12/h2,5,8-10,12H,3-4,6-7,15H2,1H3. The molecule has 3 rings (SSSR count). The molecule has 0 radical (unpaired) electrons. The van der Waals surface area contributed by atoms with Crippen LogP contribution in [0.2, 0.25) is 0 Å². The van der Waals surface area contributed by atoms with Crippen LogP contribution in [0.1, 0.15) is 43.7 Å². The van der Waals surface area contributed by atoms with Crippen LogP contribution in [0.3, 0.4) is 0 Å². The van der Waals surface area contributed by atoms with E-state index in [0.717, 1.165) is 18.5 Å². The number of imidazole rings is 1. The minimum atomic E-state index is 0.524. The van der Waals surface area contributed by atoms with Crippen LogP contribution in [0.15, 0.2) is 24.5 Å². The summed E-state index contributed by atoms with van der Waals surface area (Å²) in [6, 6.07) is 7.35. The Balaban J connectivity index is 1.96. The van der Waals surface area contributed by atoms with E-state index in [9.17, 15) is 0 Å². The fraction of sp³-hybridized carbons (Fsp3) is 0.500. The molecule has 1 heterocycles. The van der Waals surface area contributed by atoms with E-state index in [0.29, 0.717) is 12.0 Å². The SMILES string of the molecule is CC(CCN)c1ccc2c(c1)ncn2C1CC1. The van der Waals surface area contributed by atoms with Gasteiger partial charge in [-0.25, -0.2) is 4.98 Å². The average Bonchev–Trinajstić information content (AvgIpc) is 3.09. The first-order valence-electron chi connectivity index (χ1n) is 6.46. The zero-order valence-electron chi connectivity index (χ0n) is 10.3. The molecule has 1 aliphatic rings. The van der Waals surface area contributed by atoms with Gasteiger partial charge in [0.05, 0.1) is 17.4 Å². The molecule has 0 bridgehead atoms. The lowest BCUT2D eigenvalue weighted by Gasteiger charge is -2.10. The second kappa shape index (κ2) is 4.15. The predicted octanol–water partition coefficient (Wildman–Crippen LogP) is 2.82. The third kappa shape index (κ3) is 1.95. The molecule has 2 aromatic rings. The zero-order valence-corrected chi connectivity index (χ0v) is 10.3. The Labute approximate surface area is 102 Å². The minimum absolute atomic E-state index is 0.524. The van der Waals surface area contributed by atoms with Crippen molar-refractivity contribution in [3.05, 3.63) is 30.1 Å². The van der Waals surface area contributed by atoms with Crippen molar-refractivity contribution in [3.8, 4) is 0 Å². The van der Waals surface area contributed by atoms with Gasteiger partial charge in [0.25, 0.3) is 0 Å². The van der Waals surface area contributed by atoms with Crippen LogP contribution in [0.25, 0.3) is 11.0 Å². The number of nitrogens with zero attached hydrogens (tertiary/aromatic N) is 2. The number of fused-ring (bicyclic) bond motifs is 1. The van der Waals surface area contributed by atoms with Crippen LogP contribution < -0.4 is 5.73 Å². The smallest absolute Gasteiger partial charge is 0.0960 e. The fourth-order valence-corrected chi connectivity index (χ4v) is 2.42. The van der Waals surface area contributed by atoms with E-state index in [1.54, 1.807) is 0 Å². The number of hydrogen-bond acceptors (Lipinski definition) is 2. The van der Waals surface area contributed by atoms with Crippen LogP contribution in [-0.2, 0) is 0 Å². The molecule has 1 atom stereocenters. The second-order valence-corrected chi connectivity index (χ2v) is 5.11. The van der Waals surface area contributed by atoms with Crippen molar-refractivity contribution in [2.75, 3.05) is 6.54 Å². The van der Waals surface area contributed by atoms with Crippen molar-refractivity contribution in [1.29, 1.82) is 0 Å². The van der Waals surface area contributed by atoms with E-state index < -0.39 is 0 Å². The molecular weight excluding hydrogens is 210 g/mol. The van der Waals surface area contributed by atoms with Crippen molar-refractivity contribution in [2.24, 2.45) is 5.73 Å².